The molecular weight excluding hydrogens is 744 g/mol. The van der Waals surface area contributed by atoms with Crippen molar-refractivity contribution in [2.75, 3.05) is 60.2 Å². The Morgan fingerprint density at radius 3 is 2.60 bits per heavy atom. The Morgan fingerprint density at radius 1 is 1.09 bits per heavy atom. The number of hydrogen-bond acceptors (Lipinski definition) is 13. The average Bonchev–Trinajstić information content (AvgIpc) is 3.91. The van der Waals surface area contributed by atoms with Crippen molar-refractivity contribution < 1.29 is 53.4 Å². The predicted molar refractivity (Wildman–Crippen MR) is 214 cm³/mol. The van der Waals surface area contributed by atoms with Gasteiger partial charge in [-0.25, -0.2) is 4.79 Å². The van der Waals surface area contributed by atoms with Gasteiger partial charge in [0.25, 0.3) is 0 Å². The Hall–Kier alpha value is -4.40. The van der Waals surface area contributed by atoms with Gasteiger partial charge in [0.05, 0.1) is 48.9 Å². The molecule has 3 atom stereocenters. The van der Waals surface area contributed by atoms with Crippen molar-refractivity contribution in [1.29, 1.82) is 0 Å². The molecule has 3 unspecified atom stereocenters. The van der Waals surface area contributed by atoms with Crippen LogP contribution in [0.3, 0.4) is 0 Å². The van der Waals surface area contributed by atoms with Crippen LogP contribution in [-0.4, -0.2) is 110 Å². The number of unbranched alkanes of at least 4 members (excludes halogenated alkanes) is 1. The first-order valence-electron chi connectivity index (χ1n) is 20.7. The van der Waals surface area contributed by atoms with Gasteiger partial charge in [-0.1, -0.05) is 17.7 Å². The van der Waals surface area contributed by atoms with Crippen LogP contribution in [0.1, 0.15) is 92.9 Å². The Labute approximate surface area is 339 Å². The maximum absolute atomic E-state index is 13.6. The van der Waals surface area contributed by atoms with Gasteiger partial charge >= 0.3 is 5.97 Å². The van der Waals surface area contributed by atoms with E-state index < -0.39 is 30.2 Å². The SMILES string of the molecule is CCOC(=O)C1=C(C=O)C(=C2CCC(=O)C(c3ccc4c(c3)=CCN=4)C2)c2c(OC)c3c(c(CO)c2O1)OC(C(O)(CCCCO)C1CCN(CCCOC)CC1)C3. The van der Waals surface area contributed by atoms with Crippen molar-refractivity contribution in [2.45, 2.75) is 95.4 Å². The maximum atomic E-state index is 13.6. The molecule has 1 saturated heterocycles. The molecule has 1 aliphatic carbocycles. The summed E-state index contributed by atoms with van der Waals surface area (Å²) in [6.45, 7) is 4.98. The summed E-state index contributed by atoms with van der Waals surface area (Å²) in [5.41, 5.74) is 1.98. The molecule has 0 spiro atoms. The highest BCUT2D eigenvalue weighted by atomic mass is 16.6. The number of aliphatic hydroxyl groups excluding tert-OH is 2. The van der Waals surface area contributed by atoms with E-state index in [0.29, 0.717) is 73.3 Å². The Kier molecular flexibility index (Phi) is 13.1. The van der Waals surface area contributed by atoms with E-state index in [-0.39, 0.29) is 66.8 Å². The first kappa shape index (κ1) is 41.7. The number of fused-ring (bicyclic) bond motifs is 3. The molecule has 3 N–H and O–H groups in total. The number of methoxy groups -OCH3 is 2. The van der Waals surface area contributed by atoms with E-state index in [0.717, 1.165) is 60.6 Å². The summed E-state index contributed by atoms with van der Waals surface area (Å²) in [6, 6.07) is 5.86. The van der Waals surface area contributed by atoms with Gasteiger partial charge in [-0.05, 0) is 100 Å². The number of esters is 1. The number of rotatable bonds is 16. The normalized spacial score (nSPS) is 22.8. The van der Waals surface area contributed by atoms with Crippen molar-refractivity contribution in [1.82, 2.24) is 4.90 Å². The fourth-order valence-electron chi connectivity index (χ4n) is 9.73. The first-order chi connectivity index (χ1) is 28.2. The molecule has 4 heterocycles. The number of allylic oxidation sites excluding steroid dienone is 3. The standard InChI is InChI=1S/C45H56N2O11/c1-4-56-44(52)43-33(25-49)38(29-9-11-36(51)31(23-29)27-8-10-35-28(22-27)12-16-46-35)39-41(55-3)32-24-37(57-40(32)34(26-50)42(39)58-43)45(53,15-5-6-20-48)30-13-18-47(19-14-30)17-7-21-54-2/h8,10,12,22,25,30-31,37,48,50,53H,4-7,9,11,13-21,23-24,26H2,1-3H3. The van der Waals surface area contributed by atoms with E-state index >= 15 is 0 Å². The number of ether oxygens (including phenoxy) is 5. The number of carbonyl (C=O) groups excluding carboxylic acids is 3. The van der Waals surface area contributed by atoms with Crippen LogP contribution < -0.4 is 24.8 Å². The molecule has 7 rings (SSSR count). The van der Waals surface area contributed by atoms with E-state index in [1.54, 1.807) is 14.0 Å². The lowest BCUT2D eigenvalue weighted by atomic mass is 9.72. The number of aliphatic hydroxyl groups is 3. The summed E-state index contributed by atoms with van der Waals surface area (Å²) < 4.78 is 30.0. The first-order valence-corrected chi connectivity index (χ1v) is 20.7. The zero-order chi connectivity index (χ0) is 41.0. The van der Waals surface area contributed by atoms with Gasteiger partial charge in [0.15, 0.2) is 6.29 Å². The lowest BCUT2D eigenvalue weighted by Gasteiger charge is -2.44. The molecule has 0 amide bonds. The molecule has 2 aromatic carbocycles. The third-order valence-electron chi connectivity index (χ3n) is 12.7. The number of Topliss-reactive ketones (excluding diaryl/α,β-unsaturated/α-hetero) is 1. The third-order valence-corrected chi connectivity index (χ3v) is 12.7. The number of carbonyl (C=O) groups is 3. The van der Waals surface area contributed by atoms with Gasteiger partial charge in [-0.15, -0.1) is 0 Å². The quantitative estimate of drug-likeness (QED) is 0.129. The van der Waals surface area contributed by atoms with Crippen LogP contribution in [-0.2, 0) is 36.9 Å². The zero-order valence-corrected chi connectivity index (χ0v) is 33.8. The van der Waals surface area contributed by atoms with Gasteiger partial charge < -0.3 is 43.9 Å². The molecule has 2 fully saturated rings. The smallest absolute Gasteiger partial charge is 0.375 e. The molecule has 1 saturated carbocycles. The number of ketones is 1. The minimum absolute atomic E-state index is 0.00576. The largest absolute Gasteiger partial charge is 0.496 e. The van der Waals surface area contributed by atoms with Crippen molar-refractivity contribution >= 4 is 29.7 Å². The Balaban J connectivity index is 1.33. The van der Waals surface area contributed by atoms with E-state index in [9.17, 15) is 29.7 Å². The number of benzene rings is 2. The summed E-state index contributed by atoms with van der Waals surface area (Å²) in [6.07, 6.45) is 6.89. The topological polar surface area (TPSA) is 174 Å². The van der Waals surface area contributed by atoms with E-state index in [1.807, 2.05) is 24.3 Å². The maximum Gasteiger partial charge on any atom is 0.375 e. The van der Waals surface area contributed by atoms with Crippen molar-refractivity contribution in [2.24, 2.45) is 10.9 Å². The predicted octanol–water partition coefficient (Wildman–Crippen LogP) is 3.25. The minimum atomic E-state index is -1.28. The van der Waals surface area contributed by atoms with Crippen molar-refractivity contribution in [3.8, 4) is 17.2 Å². The number of aldehydes is 1. The molecule has 58 heavy (non-hydrogen) atoms. The highest BCUT2D eigenvalue weighted by molar-refractivity contribution is 6.11. The molecule has 4 aliphatic heterocycles. The second-order valence-corrected chi connectivity index (χ2v) is 15.9. The number of nitrogens with zero attached hydrogens (tertiary/aromatic N) is 2. The van der Waals surface area contributed by atoms with Gasteiger partial charge in [0.2, 0.25) is 5.76 Å². The van der Waals surface area contributed by atoms with Crippen LogP contribution in [0, 0.1) is 5.92 Å². The average molecular weight is 801 g/mol. The number of likely N-dealkylation sites (tertiary alicyclic amines) is 1. The van der Waals surface area contributed by atoms with Crippen molar-refractivity contribution in [3.05, 3.63) is 67.9 Å². The van der Waals surface area contributed by atoms with E-state index in [2.05, 4.69) is 9.89 Å². The second kappa shape index (κ2) is 18.3. The molecule has 13 heteroatoms. The molecule has 2 aromatic rings. The van der Waals surface area contributed by atoms with Crippen LogP contribution in [0.15, 0.2) is 40.1 Å². The summed E-state index contributed by atoms with van der Waals surface area (Å²) >= 11 is 0. The number of hydrogen-bond donors (Lipinski definition) is 3. The highest BCUT2D eigenvalue weighted by Crippen LogP contribution is 2.57. The molecule has 0 radical (unpaired) electrons. The van der Waals surface area contributed by atoms with Gasteiger partial charge in [0.1, 0.15) is 34.7 Å². The van der Waals surface area contributed by atoms with Gasteiger partial charge in [0, 0.05) is 56.8 Å². The van der Waals surface area contributed by atoms with E-state index in [4.69, 9.17) is 23.7 Å². The molecule has 0 aromatic heterocycles. The van der Waals surface area contributed by atoms with Crippen LogP contribution in [0.4, 0.5) is 0 Å². The van der Waals surface area contributed by atoms with E-state index in [1.165, 1.54) is 7.11 Å². The number of piperidine rings is 1. The fraction of sp³-hybridized carbons (Fsp3) is 0.556. The lowest BCUT2D eigenvalue weighted by Crippen LogP contribution is -2.54. The summed E-state index contributed by atoms with van der Waals surface area (Å²) in [4.78, 5) is 47.3. The zero-order valence-electron chi connectivity index (χ0n) is 33.8. The van der Waals surface area contributed by atoms with Crippen LogP contribution in [0.25, 0.3) is 11.6 Å². The molecule has 5 aliphatic rings. The third kappa shape index (κ3) is 7.87. The van der Waals surface area contributed by atoms with Crippen LogP contribution >= 0.6 is 0 Å². The van der Waals surface area contributed by atoms with Crippen molar-refractivity contribution in [3.63, 3.8) is 0 Å². The summed E-state index contributed by atoms with van der Waals surface area (Å²) in [5, 5.41) is 35.5. The molecule has 0 bridgehead atoms. The second-order valence-electron chi connectivity index (χ2n) is 15.9. The Morgan fingerprint density at radius 2 is 1.90 bits per heavy atom. The minimum Gasteiger partial charge on any atom is -0.496 e. The molecular formula is C45H56N2O11. The fourth-order valence-corrected chi connectivity index (χ4v) is 9.73. The monoisotopic (exact) mass is 800 g/mol. The van der Waals surface area contributed by atoms with Crippen LogP contribution in [0.5, 0.6) is 17.2 Å². The van der Waals surface area contributed by atoms with Gasteiger partial charge in [-0.3, -0.25) is 14.6 Å². The molecule has 13 nitrogen and oxygen atoms in total. The lowest BCUT2D eigenvalue weighted by molar-refractivity contribution is -0.141. The summed E-state index contributed by atoms with van der Waals surface area (Å²) in [7, 11) is 3.22. The van der Waals surface area contributed by atoms with Gasteiger partial charge in [-0.2, -0.15) is 0 Å². The Bertz CT molecular complexity index is 2100. The summed E-state index contributed by atoms with van der Waals surface area (Å²) in [5.74, 6) is -0.944. The highest BCUT2D eigenvalue weighted by Gasteiger charge is 2.51. The molecule has 312 valence electrons. The van der Waals surface area contributed by atoms with Crippen LogP contribution in [0.2, 0.25) is 0 Å².